The molecule has 0 aliphatic carbocycles. The molecule has 0 unspecified atom stereocenters. The lowest BCUT2D eigenvalue weighted by Gasteiger charge is -2.16. The van der Waals surface area contributed by atoms with Crippen molar-refractivity contribution in [2.75, 3.05) is 33.8 Å². The molecule has 2 aromatic rings. The van der Waals surface area contributed by atoms with Crippen LogP contribution in [0.4, 0.5) is 5.69 Å². The highest BCUT2D eigenvalue weighted by molar-refractivity contribution is 6.27. The molecule has 0 saturated heterocycles. The molecule has 0 fully saturated rings. The second kappa shape index (κ2) is 11.3. The molecule has 0 aliphatic heterocycles. The van der Waals surface area contributed by atoms with Crippen molar-refractivity contribution in [2.24, 2.45) is 0 Å². The average Bonchev–Trinajstić information content (AvgIpc) is 2.71. The predicted molar refractivity (Wildman–Crippen MR) is 106 cm³/mol. The van der Waals surface area contributed by atoms with Crippen molar-refractivity contribution in [2.45, 2.75) is 13.5 Å². The number of rotatable bonds is 7. The average molecular weight is 407 g/mol. The van der Waals surface area contributed by atoms with Crippen LogP contribution in [0.25, 0.3) is 0 Å². The number of ether oxygens (including phenoxy) is 4. The number of nitrogens with one attached hydrogen (secondary N) is 1. The van der Waals surface area contributed by atoms with E-state index in [4.69, 9.17) is 38.7 Å². The number of anilines is 1. The summed E-state index contributed by atoms with van der Waals surface area (Å²) in [6.45, 7) is 2.62. The van der Waals surface area contributed by atoms with Crippen LogP contribution in [0.15, 0.2) is 30.3 Å². The molecule has 0 radical (unpaired) electrons. The summed E-state index contributed by atoms with van der Waals surface area (Å²) in [5, 5.41) is 18.2. The summed E-state index contributed by atoms with van der Waals surface area (Å²) in [5.74, 6) is -0.802. The third kappa shape index (κ3) is 6.80. The predicted octanol–water partition coefficient (Wildman–Crippen LogP) is 2.80. The summed E-state index contributed by atoms with van der Waals surface area (Å²) in [6, 6.07) is 9.74. The number of hydrogen-bond donors (Lipinski definition) is 3. The van der Waals surface area contributed by atoms with E-state index in [0.717, 1.165) is 28.3 Å². The third-order valence-corrected chi connectivity index (χ3v) is 3.79. The van der Waals surface area contributed by atoms with Crippen LogP contribution in [-0.4, -0.2) is 50.6 Å². The normalized spacial score (nSPS) is 9.55. The molecule has 0 heterocycles. The van der Waals surface area contributed by atoms with Crippen LogP contribution in [0, 0.1) is 6.92 Å². The fourth-order valence-corrected chi connectivity index (χ4v) is 2.38. The number of methoxy groups -OCH3 is 4. The minimum atomic E-state index is -1.82. The first-order chi connectivity index (χ1) is 13.8. The van der Waals surface area contributed by atoms with Crippen molar-refractivity contribution in [3.8, 4) is 23.0 Å². The van der Waals surface area contributed by atoms with E-state index in [1.54, 1.807) is 28.4 Å². The van der Waals surface area contributed by atoms with Crippen LogP contribution >= 0.6 is 0 Å². The Morgan fingerprint density at radius 2 is 1.31 bits per heavy atom. The summed E-state index contributed by atoms with van der Waals surface area (Å²) in [7, 11) is 6.52. The number of hydrogen-bond acceptors (Lipinski definition) is 7. The van der Waals surface area contributed by atoms with Gasteiger partial charge >= 0.3 is 11.9 Å². The van der Waals surface area contributed by atoms with Gasteiger partial charge in [-0.25, -0.2) is 9.59 Å². The largest absolute Gasteiger partial charge is 0.496 e. The van der Waals surface area contributed by atoms with E-state index >= 15 is 0 Å². The molecule has 158 valence electrons. The van der Waals surface area contributed by atoms with E-state index in [1.807, 2.05) is 37.3 Å². The number of carboxylic acids is 2. The third-order valence-electron chi connectivity index (χ3n) is 3.79. The van der Waals surface area contributed by atoms with Gasteiger partial charge in [-0.15, -0.1) is 0 Å². The lowest BCUT2D eigenvalue weighted by Crippen LogP contribution is -2.09. The SMILES string of the molecule is COc1cc(OC)c(OC)cc1CNc1cc(C)ccc1OC.O=C(O)C(=O)O. The summed E-state index contributed by atoms with van der Waals surface area (Å²) in [6.07, 6.45) is 0. The highest BCUT2D eigenvalue weighted by Gasteiger charge is 2.12. The van der Waals surface area contributed by atoms with Gasteiger partial charge in [-0.3, -0.25) is 0 Å². The van der Waals surface area contributed by atoms with Crippen molar-refractivity contribution in [3.63, 3.8) is 0 Å². The molecule has 0 amide bonds. The molecular weight excluding hydrogens is 382 g/mol. The number of aryl methyl sites for hydroxylation is 1. The highest BCUT2D eigenvalue weighted by Crippen LogP contribution is 2.35. The first-order valence-electron chi connectivity index (χ1n) is 8.40. The maximum Gasteiger partial charge on any atom is 0.414 e. The summed E-state index contributed by atoms with van der Waals surface area (Å²) < 4.78 is 21.5. The second-order valence-corrected chi connectivity index (χ2v) is 5.69. The Morgan fingerprint density at radius 3 is 1.79 bits per heavy atom. The molecule has 2 rings (SSSR count). The topological polar surface area (TPSA) is 124 Å². The zero-order chi connectivity index (χ0) is 22.0. The maximum atomic E-state index is 9.10. The molecule has 3 N–H and O–H groups in total. The Morgan fingerprint density at radius 1 is 0.793 bits per heavy atom. The van der Waals surface area contributed by atoms with Gasteiger partial charge in [0.05, 0.1) is 34.1 Å². The van der Waals surface area contributed by atoms with Crippen molar-refractivity contribution in [1.29, 1.82) is 0 Å². The van der Waals surface area contributed by atoms with Gasteiger partial charge in [0.25, 0.3) is 0 Å². The van der Waals surface area contributed by atoms with Crippen LogP contribution in [0.2, 0.25) is 0 Å². The fourth-order valence-electron chi connectivity index (χ4n) is 2.38. The summed E-state index contributed by atoms with van der Waals surface area (Å²) in [5.41, 5.74) is 3.06. The van der Waals surface area contributed by atoms with E-state index in [-0.39, 0.29) is 0 Å². The maximum absolute atomic E-state index is 9.10. The smallest absolute Gasteiger partial charge is 0.414 e. The Balaban J connectivity index is 0.000000612. The van der Waals surface area contributed by atoms with Gasteiger partial charge in [0.1, 0.15) is 11.5 Å². The standard InChI is InChI=1S/C18H23NO4.C2H2O4/c1-12-6-7-15(20-2)14(8-12)19-11-13-9-17(22-4)18(23-5)10-16(13)21-3;3-1(4)2(5)6/h6-10,19H,11H2,1-5H3;(H,3,4)(H,5,6). The zero-order valence-electron chi connectivity index (χ0n) is 16.9. The molecule has 0 bridgehead atoms. The lowest BCUT2D eigenvalue weighted by atomic mass is 10.1. The number of carboxylic acid groups (broad SMARTS) is 2. The second-order valence-electron chi connectivity index (χ2n) is 5.69. The van der Waals surface area contributed by atoms with Crippen LogP contribution in [0.5, 0.6) is 23.0 Å². The van der Waals surface area contributed by atoms with Crippen molar-refractivity contribution in [1.82, 2.24) is 0 Å². The van der Waals surface area contributed by atoms with Gasteiger partial charge in [-0.2, -0.15) is 0 Å². The number of benzene rings is 2. The van der Waals surface area contributed by atoms with Gasteiger partial charge in [0.15, 0.2) is 11.5 Å². The molecule has 9 nitrogen and oxygen atoms in total. The molecule has 2 aromatic carbocycles. The van der Waals surface area contributed by atoms with E-state index in [0.29, 0.717) is 18.0 Å². The van der Waals surface area contributed by atoms with Gasteiger partial charge in [-0.1, -0.05) is 6.07 Å². The quantitative estimate of drug-likeness (QED) is 0.594. The Kier molecular flexibility index (Phi) is 9.11. The summed E-state index contributed by atoms with van der Waals surface area (Å²) in [4.78, 5) is 18.2. The van der Waals surface area contributed by atoms with E-state index in [1.165, 1.54) is 0 Å². The van der Waals surface area contributed by atoms with E-state index in [9.17, 15) is 0 Å². The minimum absolute atomic E-state index is 0.573. The summed E-state index contributed by atoms with van der Waals surface area (Å²) >= 11 is 0. The lowest BCUT2D eigenvalue weighted by molar-refractivity contribution is -0.159. The van der Waals surface area contributed by atoms with Gasteiger partial charge < -0.3 is 34.5 Å². The van der Waals surface area contributed by atoms with Crippen LogP contribution in [-0.2, 0) is 16.1 Å². The number of aliphatic carboxylic acids is 2. The van der Waals surface area contributed by atoms with Crippen molar-refractivity contribution < 1.29 is 38.7 Å². The molecule has 0 aliphatic rings. The minimum Gasteiger partial charge on any atom is -0.496 e. The molecular formula is C20H25NO8. The Labute approximate surface area is 168 Å². The molecule has 9 heteroatoms. The number of carbonyl (C=O) groups is 2. The first kappa shape index (κ1) is 23.4. The van der Waals surface area contributed by atoms with Crippen molar-refractivity contribution >= 4 is 17.6 Å². The Hall–Kier alpha value is -3.62. The first-order valence-corrected chi connectivity index (χ1v) is 8.40. The molecule has 0 aromatic heterocycles. The highest BCUT2D eigenvalue weighted by atomic mass is 16.5. The van der Waals surface area contributed by atoms with E-state index < -0.39 is 11.9 Å². The fraction of sp³-hybridized carbons (Fsp3) is 0.300. The zero-order valence-corrected chi connectivity index (χ0v) is 16.9. The van der Waals surface area contributed by atoms with Crippen LogP contribution in [0.3, 0.4) is 0 Å². The molecule has 0 spiro atoms. The molecule has 0 atom stereocenters. The monoisotopic (exact) mass is 407 g/mol. The van der Waals surface area contributed by atoms with Crippen LogP contribution in [0.1, 0.15) is 11.1 Å². The van der Waals surface area contributed by atoms with Gasteiger partial charge in [-0.05, 0) is 30.7 Å². The van der Waals surface area contributed by atoms with Crippen LogP contribution < -0.4 is 24.3 Å². The Bertz CT molecular complexity index is 839. The van der Waals surface area contributed by atoms with Gasteiger partial charge in [0, 0.05) is 18.2 Å². The van der Waals surface area contributed by atoms with Crippen molar-refractivity contribution in [3.05, 3.63) is 41.5 Å². The van der Waals surface area contributed by atoms with Gasteiger partial charge in [0.2, 0.25) is 0 Å². The molecule has 0 saturated carbocycles. The molecule has 29 heavy (non-hydrogen) atoms. The van der Waals surface area contributed by atoms with E-state index in [2.05, 4.69) is 5.32 Å².